The van der Waals surface area contributed by atoms with Crippen LogP contribution in [0.2, 0.25) is 0 Å². The van der Waals surface area contributed by atoms with E-state index in [4.69, 9.17) is 9.47 Å². The Labute approximate surface area is 503 Å². The van der Waals surface area contributed by atoms with E-state index in [1.807, 2.05) is 0 Å². The molecule has 19 heteroatoms. The molecule has 2 amide bonds. The molecule has 0 spiro atoms. The second-order valence-corrected chi connectivity index (χ2v) is 28.7. The Balaban J connectivity index is 0.796. The molecule has 17 nitrogen and oxygen atoms in total. The van der Waals surface area contributed by atoms with Crippen LogP contribution in [0.15, 0.2) is 45.5 Å². The Morgan fingerprint density at radius 2 is 1.56 bits per heavy atom. The summed E-state index contributed by atoms with van der Waals surface area (Å²) in [5, 5.41) is 33.6. The Bertz CT molecular complexity index is 2950. The molecule has 1 aliphatic heterocycles. The van der Waals surface area contributed by atoms with Crippen LogP contribution in [0.25, 0.3) is 10.2 Å². The molecule has 2 aromatic rings. The Morgan fingerprint density at radius 3 is 2.30 bits per heavy atom. The number of aliphatic carboxylic acids is 1. The van der Waals surface area contributed by atoms with E-state index in [-0.39, 0.29) is 109 Å². The van der Waals surface area contributed by atoms with E-state index in [1.165, 1.54) is 32.9 Å². The molecule has 8 rings (SSSR count). The predicted molar refractivity (Wildman–Crippen MR) is 323 cm³/mol. The molecule has 0 radical (unpaired) electrons. The van der Waals surface area contributed by atoms with Crippen molar-refractivity contribution in [1.82, 2.24) is 14.8 Å². The van der Waals surface area contributed by atoms with Crippen molar-refractivity contribution in [3.63, 3.8) is 0 Å². The van der Waals surface area contributed by atoms with Gasteiger partial charge in [0.2, 0.25) is 12.1 Å². The summed E-state index contributed by atoms with van der Waals surface area (Å²) in [5.41, 5.74) is 1.38. The van der Waals surface area contributed by atoms with E-state index in [9.17, 15) is 53.7 Å². The molecule has 0 bridgehead atoms. The van der Waals surface area contributed by atoms with Crippen molar-refractivity contribution >= 4 is 85.9 Å². The summed E-state index contributed by atoms with van der Waals surface area (Å²) in [6, 6.07) is 5.07. The number of unbranched alkanes of at least 4 members (excludes halogenated alkanes) is 2. The number of amides is 2. The lowest BCUT2D eigenvalue weighted by Crippen LogP contribution is -2.58. The number of ketones is 4. The molecular weight excluding hydrogens is 1110 g/mol. The van der Waals surface area contributed by atoms with Crippen molar-refractivity contribution in [2.45, 2.75) is 196 Å². The summed E-state index contributed by atoms with van der Waals surface area (Å²) < 4.78 is 11.6. The highest BCUT2D eigenvalue weighted by Crippen LogP contribution is 2.68. The molecule has 1 aromatic carbocycles. The van der Waals surface area contributed by atoms with Crippen LogP contribution >= 0.6 is 23.1 Å². The van der Waals surface area contributed by atoms with Gasteiger partial charge in [0.05, 0.1) is 34.1 Å². The van der Waals surface area contributed by atoms with Gasteiger partial charge in [0.15, 0.2) is 11.6 Å². The van der Waals surface area contributed by atoms with Gasteiger partial charge in [0, 0.05) is 92.6 Å². The average Bonchev–Trinajstić information content (AvgIpc) is 1.89. The van der Waals surface area contributed by atoms with Crippen LogP contribution in [-0.4, -0.2) is 134 Å². The van der Waals surface area contributed by atoms with Gasteiger partial charge in [-0.2, -0.15) is 0 Å². The maximum absolute atomic E-state index is 14.0. The van der Waals surface area contributed by atoms with Crippen LogP contribution in [0.5, 0.6) is 5.75 Å². The maximum Gasteiger partial charge on any atom is 0.415 e. The minimum Gasteiger partial charge on any atom is -0.481 e. The first-order chi connectivity index (χ1) is 39.8. The molecule has 84 heavy (non-hydrogen) atoms. The number of aliphatic hydroxyl groups excluding tert-OH is 2. The molecule has 2 heterocycles. The number of aromatic nitrogens is 1. The summed E-state index contributed by atoms with van der Waals surface area (Å²) in [6.07, 6.45) is 9.86. The number of fused-ring (bicyclic) bond motifs is 6. The van der Waals surface area contributed by atoms with E-state index in [2.05, 4.69) is 30.7 Å². The van der Waals surface area contributed by atoms with Crippen LogP contribution in [0.3, 0.4) is 0 Å². The SMILES string of the molecule is CC1=C(C)C(=O)C(C(C)(C)CC(=O)N(C)CCN(CCCC(=O)CCCCCC(CC(=O)CC[C@@H](C)[C@H]2CC[C@H]3[C@@H]4[C@H](O)C[C@@H]5C[C@H](O)CC[C@]5(C)[C@H]4CC[C@]23C)C(=O)O)C(=O)Oc2ccc3nc(C4=NC(OC=O)CS4)sc3c2)=C(C)C1=O. The van der Waals surface area contributed by atoms with Gasteiger partial charge in [-0.1, -0.05) is 59.2 Å². The summed E-state index contributed by atoms with van der Waals surface area (Å²) in [5.74, 6) is 0.505. The fourth-order valence-corrected chi connectivity index (χ4v) is 18.0. The summed E-state index contributed by atoms with van der Waals surface area (Å²) in [7, 11) is 1.61. The zero-order chi connectivity index (χ0) is 61.0. The van der Waals surface area contributed by atoms with Crippen LogP contribution in [0.1, 0.15) is 182 Å². The lowest BCUT2D eigenvalue weighted by molar-refractivity contribution is -0.174. The van der Waals surface area contributed by atoms with Crippen molar-refractivity contribution in [2.24, 2.45) is 62.7 Å². The molecule has 460 valence electrons. The number of hydrogen-bond donors (Lipinski definition) is 3. The van der Waals surface area contributed by atoms with E-state index in [0.29, 0.717) is 118 Å². The number of allylic oxidation sites excluding steroid dienone is 4. The van der Waals surface area contributed by atoms with Crippen molar-refractivity contribution < 1.29 is 63.1 Å². The summed E-state index contributed by atoms with van der Waals surface area (Å²) in [4.78, 5) is 116. The highest BCUT2D eigenvalue weighted by molar-refractivity contribution is 8.15. The molecule has 5 aliphatic carbocycles. The lowest BCUT2D eigenvalue weighted by atomic mass is 9.43. The number of Topliss-reactive ketones (excluding diaryl/α,β-unsaturated/α-hetero) is 4. The van der Waals surface area contributed by atoms with E-state index < -0.39 is 29.6 Å². The summed E-state index contributed by atoms with van der Waals surface area (Å²) in [6.45, 7) is 16.2. The Morgan fingerprint density at radius 1 is 0.845 bits per heavy atom. The van der Waals surface area contributed by atoms with Gasteiger partial charge in [0.1, 0.15) is 27.4 Å². The van der Waals surface area contributed by atoms with Gasteiger partial charge in [-0.05, 0) is 156 Å². The fourth-order valence-electron chi connectivity index (χ4n) is 16.0. The van der Waals surface area contributed by atoms with Gasteiger partial charge in [-0.3, -0.25) is 33.6 Å². The van der Waals surface area contributed by atoms with Crippen molar-refractivity contribution in [3.05, 3.63) is 45.5 Å². The molecule has 4 saturated carbocycles. The number of carboxylic acid groups (broad SMARTS) is 1. The number of benzene rings is 1. The number of ether oxygens (including phenoxy) is 2. The minimum atomic E-state index is -0.981. The third-order valence-electron chi connectivity index (χ3n) is 20.9. The number of aliphatic hydroxyl groups is 2. The second kappa shape index (κ2) is 27.3. The number of carboxylic acids is 1. The lowest BCUT2D eigenvalue weighted by Gasteiger charge is -2.62. The highest BCUT2D eigenvalue weighted by atomic mass is 32.2. The van der Waals surface area contributed by atoms with E-state index in [1.54, 1.807) is 59.9 Å². The van der Waals surface area contributed by atoms with Crippen molar-refractivity contribution in [2.75, 3.05) is 32.4 Å². The molecule has 3 N–H and O–H groups in total. The number of aliphatic imine (C=N–C) groups is 1. The van der Waals surface area contributed by atoms with Gasteiger partial charge >= 0.3 is 12.1 Å². The number of thiazole rings is 1. The number of carbonyl (C=O) groups excluding carboxylic acids is 7. The Hall–Kier alpha value is -5.11. The monoisotopic (exact) mass is 1200 g/mol. The quantitative estimate of drug-likeness (QED) is 0.0427. The van der Waals surface area contributed by atoms with Crippen LogP contribution in [-0.2, 0) is 38.3 Å². The molecule has 1 aromatic heterocycles. The third-order valence-corrected chi connectivity index (χ3v) is 23.1. The second-order valence-electron chi connectivity index (χ2n) is 26.7. The average molecular weight is 1200 g/mol. The maximum atomic E-state index is 14.0. The minimum absolute atomic E-state index is 0.00338. The third kappa shape index (κ3) is 14.3. The van der Waals surface area contributed by atoms with Crippen LogP contribution < -0.4 is 4.74 Å². The number of rotatable bonds is 27. The normalized spacial score (nSPS) is 28.5. The van der Waals surface area contributed by atoms with Crippen molar-refractivity contribution in [1.29, 1.82) is 0 Å². The molecule has 4 fully saturated rings. The zero-order valence-corrected chi connectivity index (χ0v) is 52.5. The fraction of sp³-hybridized carbons (Fsp3) is 0.692. The first-order valence-corrected chi connectivity index (χ1v) is 32.6. The first kappa shape index (κ1) is 64.9. The highest BCUT2D eigenvalue weighted by Gasteiger charge is 2.63. The first-order valence-electron chi connectivity index (χ1n) is 30.8. The number of hydrogen-bond acceptors (Lipinski definition) is 16. The number of likely N-dealkylation sites (N-methyl/N-ethyl adjacent to an activating group) is 1. The van der Waals surface area contributed by atoms with Crippen LogP contribution in [0.4, 0.5) is 4.79 Å². The Kier molecular flexibility index (Phi) is 21.1. The van der Waals surface area contributed by atoms with Gasteiger partial charge in [-0.25, -0.2) is 14.8 Å². The van der Waals surface area contributed by atoms with Crippen LogP contribution in [0, 0.1) is 57.7 Å². The standard InChI is InChI=1S/C65H90N4O13S2/c1-37(47-20-21-48-55-49(24-26-65(47,48)8)64(7)25-23-45(73)31-42(64)32-51(55)74)17-18-44(72)30-41(61(78)79)14-11-10-12-15-43(71)16-13-27-69(29-28-68(9)54(75)34-63(5,6)56-40(4)57(76)38(2)39(3)58(56)77)62(80)82-46-19-22-50-52(33-46)84-60(66-50)59-67-53(35-83-59)81-36-70/h19,22,33,36-37,41-42,45,47-49,51,53,55,73-74H,10-18,20-21,23-32,34-35H2,1-9H3,(H,78,79)/t37-,41?,42+,45-,47-,48+,49+,51-,53?,55+,64+,65-/m1/s1. The van der Waals surface area contributed by atoms with Gasteiger partial charge in [0.25, 0.3) is 6.47 Å². The molecule has 2 unspecified atom stereocenters. The van der Waals surface area contributed by atoms with Gasteiger partial charge in [-0.15, -0.1) is 11.3 Å². The molecule has 12 atom stereocenters. The largest absolute Gasteiger partial charge is 0.481 e. The predicted octanol–water partition coefficient (Wildman–Crippen LogP) is 11.1. The molecule has 0 saturated heterocycles. The topological polar surface area (TPSA) is 247 Å². The smallest absolute Gasteiger partial charge is 0.415 e. The van der Waals surface area contributed by atoms with E-state index >= 15 is 0 Å². The number of thioether (sulfide) groups is 1. The molecule has 6 aliphatic rings. The number of nitrogens with zero attached hydrogens (tertiary/aromatic N) is 4. The number of carbonyl (C=O) groups is 8. The summed E-state index contributed by atoms with van der Waals surface area (Å²) >= 11 is 2.78. The van der Waals surface area contributed by atoms with E-state index in [0.717, 1.165) is 62.5 Å². The zero-order valence-electron chi connectivity index (χ0n) is 50.9. The van der Waals surface area contributed by atoms with Gasteiger partial charge < -0.3 is 34.6 Å². The molecular formula is C65H90N4O13S2. The van der Waals surface area contributed by atoms with Crippen molar-refractivity contribution in [3.8, 4) is 5.75 Å².